The Balaban J connectivity index is 1.62. The van der Waals surface area contributed by atoms with Crippen molar-refractivity contribution in [3.05, 3.63) is 57.7 Å². The highest BCUT2D eigenvalue weighted by molar-refractivity contribution is 7.14. The van der Waals surface area contributed by atoms with Crippen LogP contribution in [0.1, 0.15) is 23.0 Å². The van der Waals surface area contributed by atoms with Crippen LogP contribution in [0.2, 0.25) is 0 Å². The maximum atomic E-state index is 12.0. The third-order valence-corrected chi connectivity index (χ3v) is 4.76. The molecule has 0 saturated carbocycles. The van der Waals surface area contributed by atoms with Gasteiger partial charge < -0.3 is 4.74 Å². The first-order chi connectivity index (χ1) is 11.1. The van der Waals surface area contributed by atoms with Gasteiger partial charge in [0.05, 0.1) is 12.1 Å². The third-order valence-electron chi connectivity index (χ3n) is 3.14. The van der Waals surface area contributed by atoms with Gasteiger partial charge in [0.2, 0.25) is 0 Å². The van der Waals surface area contributed by atoms with E-state index in [4.69, 9.17) is 4.74 Å². The summed E-state index contributed by atoms with van der Waals surface area (Å²) in [7, 11) is 0. The molecule has 2 heterocycles. The van der Waals surface area contributed by atoms with E-state index in [0.29, 0.717) is 17.0 Å². The molecule has 6 heteroatoms. The highest BCUT2D eigenvalue weighted by Crippen LogP contribution is 2.26. The Labute approximate surface area is 141 Å². The normalized spacial score (nSPS) is 10.5. The van der Waals surface area contributed by atoms with E-state index < -0.39 is 0 Å². The van der Waals surface area contributed by atoms with Crippen LogP contribution in [0.5, 0.6) is 5.75 Å². The molecule has 0 amide bonds. The van der Waals surface area contributed by atoms with Crippen LogP contribution in [0.4, 0.5) is 0 Å². The number of ketones is 1. The Morgan fingerprint density at radius 2 is 1.91 bits per heavy atom. The zero-order chi connectivity index (χ0) is 16.2. The number of carbonyl (C=O) groups is 2. The molecule has 0 saturated heterocycles. The van der Waals surface area contributed by atoms with Crippen LogP contribution in [0.15, 0.2) is 46.5 Å². The number of carbonyl (C=O) groups excluding carboxylic acids is 2. The van der Waals surface area contributed by atoms with E-state index in [2.05, 4.69) is 4.98 Å². The molecule has 1 aromatic carbocycles. The van der Waals surface area contributed by atoms with Crippen molar-refractivity contribution in [3.8, 4) is 16.3 Å². The maximum Gasteiger partial charge on any atom is 0.317 e. The van der Waals surface area contributed by atoms with E-state index in [1.807, 2.05) is 22.2 Å². The molecule has 0 aliphatic heterocycles. The first-order valence-corrected chi connectivity index (χ1v) is 8.73. The van der Waals surface area contributed by atoms with Gasteiger partial charge >= 0.3 is 5.97 Å². The molecular weight excluding hydrogens is 330 g/mol. The largest absolute Gasteiger partial charge is 0.426 e. The van der Waals surface area contributed by atoms with Crippen LogP contribution in [-0.2, 0) is 11.2 Å². The summed E-state index contributed by atoms with van der Waals surface area (Å²) in [5, 5.41) is 6.79. The number of thiazole rings is 1. The summed E-state index contributed by atoms with van der Waals surface area (Å²) >= 11 is 3.12. The van der Waals surface area contributed by atoms with E-state index in [1.165, 1.54) is 18.3 Å². The number of benzene rings is 1. The van der Waals surface area contributed by atoms with Crippen LogP contribution in [0.3, 0.4) is 0 Å². The van der Waals surface area contributed by atoms with Gasteiger partial charge in [0.15, 0.2) is 5.78 Å². The summed E-state index contributed by atoms with van der Waals surface area (Å²) in [5.74, 6) is 0.0299. The van der Waals surface area contributed by atoms with Gasteiger partial charge in [-0.3, -0.25) is 9.59 Å². The van der Waals surface area contributed by atoms with Gasteiger partial charge in [0, 0.05) is 21.9 Å². The highest BCUT2D eigenvalue weighted by atomic mass is 32.1. The molecular formula is C17H13NO3S2. The second-order valence-corrected chi connectivity index (χ2v) is 6.53. The topological polar surface area (TPSA) is 56.3 Å². The number of hydrogen-bond donors (Lipinski definition) is 0. The molecule has 4 nitrogen and oxygen atoms in total. The molecule has 0 aliphatic rings. The van der Waals surface area contributed by atoms with Gasteiger partial charge in [0.25, 0.3) is 0 Å². The minimum Gasteiger partial charge on any atom is -0.426 e. The smallest absolute Gasteiger partial charge is 0.317 e. The lowest BCUT2D eigenvalue weighted by atomic mass is 10.1. The van der Waals surface area contributed by atoms with Gasteiger partial charge in [-0.2, -0.15) is 11.3 Å². The second-order valence-electron chi connectivity index (χ2n) is 4.89. The molecule has 116 valence electrons. The summed E-state index contributed by atoms with van der Waals surface area (Å²) in [6.07, 6.45) is 0.120. The Hall–Kier alpha value is -2.31. The number of esters is 1. The summed E-state index contributed by atoms with van der Waals surface area (Å²) in [6, 6.07) is 8.52. The predicted molar refractivity (Wildman–Crippen MR) is 91.2 cm³/mol. The van der Waals surface area contributed by atoms with Gasteiger partial charge in [-0.1, -0.05) is 0 Å². The van der Waals surface area contributed by atoms with Crippen molar-refractivity contribution >= 4 is 34.4 Å². The molecule has 0 atom stereocenters. The van der Waals surface area contributed by atoms with Crippen molar-refractivity contribution in [1.82, 2.24) is 4.98 Å². The van der Waals surface area contributed by atoms with E-state index in [0.717, 1.165) is 10.6 Å². The molecule has 3 rings (SSSR count). The maximum absolute atomic E-state index is 12.0. The Kier molecular flexibility index (Phi) is 4.64. The number of Topliss-reactive ketones (excluding diaryl/α,β-unsaturated/α-hetero) is 1. The fourth-order valence-corrected chi connectivity index (χ4v) is 3.51. The summed E-state index contributed by atoms with van der Waals surface area (Å²) in [5.41, 5.74) is 2.35. The molecule has 0 N–H and O–H groups in total. The minimum absolute atomic E-state index is 0.0219. The number of hydrogen-bond acceptors (Lipinski definition) is 6. The van der Waals surface area contributed by atoms with Crippen molar-refractivity contribution < 1.29 is 14.3 Å². The number of aromatic nitrogens is 1. The Morgan fingerprint density at radius 3 is 2.57 bits per heavy atom. The first-order valence-electron chi connectivity index (χ1n) is 6.90. The summed E-state index contributed by atoms with van der Waals surface area (Å²) in [4.78, 5) is 27.6. The molecule has 2 aromatic heterocycles. The van der Waals surface area contributed by atoms with Gasteiger partial charge in [-0.15, -0.1) is 11.3 Å². The van der Waals surface area contributed by atoms with E-state index in [1.54, 1.807) is 35.6 Å². The highest BCUT2D eigenvalue weighted by Gasteiger charge is 2.11. The number of ether oxygens (including phenoxy) is 1. The SMILES string of the molecule is CC(=O)c1ccc(OC(=O)Cc2csc(-c3ccsc3)n2)cc1. The monoisotopic (exact) mass is 343 g/mol. The lowest BCUT2D eigenvalue weighted by Gasteiger charge is -2.03. The number of nitrogens with zero attached hydrogens (tertiary/aromatic N) is 1. The van der Waals surface area contributed by atoms with Crippen LogP contribution in [0, 0.1) is 0 Å². The molecule has 0 unspecified atom stereocenters. The molecule has 23 heavy (non-hydrogen) atoms. The molecule has 0 aliphatic carbocycles. The lowest BCUT2D eigenvalue weighted by molar-refractivity contribution is -0.133. The van der Waals surface area contributed by atoms with Gasteiger partial charge in [0.1, 0.15) is 10.8 Å². The van der Waals surface area contributed by atoms with Gasteiger partial charge in [-0.25, -0.2) is 4.98 Å². The third kappa shape index (κ3) is 3.91. The average Bonchev–Trinajstić information content (AvgIpc) is 3.18. The number of rotatable bonds is 5. The van der Waals surface area contributed by atoms with E-state index in [9.17, 15) is 9.59 Å². The zero-order valence-corrected chi connectivity index (χ0v) is 13.9. The zero-order valence-electron chi connectivity index (χ0n) is 12.3. The fourth-order valence-electron chi connectivity index (χ4n) is 1.98. The van der Waals surface area contributed by atoms with Gasteiger partial charge in [-0.05, 0) is 42.6 Å². The van der Waals surface area contributed by atoms with E-state index >= 15 is 0 Å². The van der Waals surface area contributed by atoms with Crippen molar-refractivity contribution in [3.63, 3.8) is 0 Å². The number of thiophene rings is 1. The predicted octanol–water partition coefficient (Wildman–Crippen LogP) is 4.22. The summed E-state index contributed by atoms with van der Waals surface area (Å²) < 4.78 is 5.27. The van der Waals surface area contributed by atoms with Crippen LogP contribution < -0.4 is 4.74 Å². The molecule has 0 radical (unpaired) electrons. The lowest BCUT2D eigenvalue weighted by Crippen LogP contribution is -2.11. The molecule has 0 spiro atoms. The van der Waals surface area contributed by atoms with Crippen LogP contribution in [-0.4, -0.2) is 16.7 Å². The van der Waals surface area contributed by atoms with Crippen molar-refractivity contribution in [2.45, 2.75) is 13.3 Å². The van der Waals surface area contributed by atoms with Crippen LogP contribution in [0.25, 0.3) is 10.6 Å². The molecule has 0 bridgehead atoms. The molecule has 3 aromatic rings. The minimum atomic E-state index is -0.372. The molecule has 0 fully saturated rings. The average molecular weight is 343 g/mol. The fraction of sp³-hybridized carbons (Fsp3) is 0.118. The van der Waals surface area contributed by atoms with Crippen molar-refractivity contribution in [2.24, 2.45) is 0 Å². The first kappa shape index (κ1) is 15.6. The Morgan fingerprint density at radius 1 is 1.13 bits per heavy atom. The standard InChI is InChI=1S/C17H13NO3S2/c1-11(19)12-2-4-15(5-3-12)21-16(20)8-14-10-23-17(18-14)13-6-7-22-9-13/h2-7,9-10H,8H2,1H3. The quantitative estimate of drug-likeness (QED) is 0.395. The van der Waals surface area contributed by atoms with Crippen molar-refractivity contribution in [2.75, 3.05) is 0 Å². The summed E-state index contributed by atoms with van der Waals surface area (Å²) in [6.45, 7) is 1.49. The Bertz CT molecular complexity index is 820. The van der Waals surface area contributed by atoms with Crippen molar-refractivity contribution in [1.29, 1.82) is 0 Å². The van der Waals surface area contributed by atoms with E-state index in [-0.39, 0.29) is 18.2 Å². The van der Waals surface area contributed by atoms with Crippen LogP contribution >= 0.6 is 22.7 Å². The second kappa shape index (κ2) is 6.85.